The molecule has 124 valence electrons. The van der Waals surface area contributed by atoms with Crippen LogP contribution < -0.4 is 34.5 Å². The molecule has 0 saturated heterocycles. The Kier molecular flexibility index (Phi) is 5.39. The molecule has 0 radical (unpaired) electrons. The fourth-order valence-corrected chi connectivity index (χ4v) is 1.91. The number of nitrogens with zero attached hydrogens (tertiary/aromatic N) is 2. The highest BCUT2D eigenvalue weighted by atomic mass is 35.5. The van der Waals surface area contributed by atoms with Gasteiger partial charge in [-0.2, -0.15) is 4.98 Å². The maximum absolute atomic E-state index is 13.9. The van der Waals surface area contributed by atoms with Gasteiger partial charge in [0.15, 0.2) is 11.6 Å². The van der Waals surface area contributed by atoms with Crippen molar-refractivity contribution in [3.8, 4) is 0 Å². The van der Waals surface area contributed by atoms with Gasteiger partial charge in [-0.05, 0) is 48.5 Å². The number of aromatic nitrogens is 2. The smallest absolute Gasteiger partial charge is 1.00 e. The van der Waals surface area contributed by atoms with Gasteiger partial charge in [0.05, 0.1) is 6.20 Å². The van der Waals surface area contributed by atoms with Crippen LogP contribution in [0.25, 0.3) is 0 Å². The molecule has 0 fully saturated rings. The number of halogens is 2. The molecule has 24 heavy (non-hydrogen) atoms. The summed E-state index contributed by atoms with van der Waals surface area (Å²) >= 11 is 0. The third-order valence-corrected chi connectivity index (χ3v) is 3.08. The number of rotatable bonds is 4. The summed E-state index contributed by atoms with van der Waals surface area (Å²) in [6.45, 7) is 0. The predicted octanol–water partition coefficient (Wildman–Crippen LogP) is 0.384. The summed E-state index contributed by atoms with van der Waals surface area (Å²) in [5, 5.41) is 5.88. The van der Waals surface area contributed by atoms with E-state index in [0.29, 0.717) is 17.1 Å². The SMILES string of the molecule is Nc1ccc(Nc2ncc(F)c(Nc3ccc(N)cc3)n2)cc1.[Cl-].[H+]. The molecule has 0 bridgehead atoms. The summed E-state index contributed by atoms with van der Waals surface area (Å²) < 4.78 is 13.9. The Morgan fingerprint density at radius 3 is 1.88 bits per heavy atom. The number of hydrogen-bond donors (Lipinski definition) is 4. The van der Waals surface area contributed by atoms with Crippen molar-refractivity contribution in [1.82, 2.24) is 9.97 Å². The molecule has 6 N–H and O–H groups in total. The second kappa shape index (κ2) is 7.47. The minimum atomic E-state index is -0.551. The molecule has 3 rings (SSSR count). The molecule has 0 aliphatic heterocycles. The highest BCUT2D eigenvalue weighted by molar-refractivity contribution is 5.62. The summed E-state index contributed by atoms with van der Waals surface area (Å²) in [7, 11) is 0. The summed E-state index contributed by atoms with van der Waals surface area (Å²) in [5.41, 5.74) is 14.0. The minimum Gasteiger partial charge on any atom is -1.00 e. The van der Waals surface area contributed by atoms with Crippen LogP contribution in [0.1, 0.15) is 1.43 Å². The van der Waals surface area contributed by atoms with Gasteiger partial charge in [0.25, 0.3) is 0 Å². The van der Waals surface area contributed by atoms with Crippen molar-refractivity contribution in [2.24, 2.45) is 0 Å². The Labute approximate surface area is 146 Å². The number of benzene rings is 2. The van der Waals surface area contributed by atoms with E-state index in [1.165, 1.54) is 0 Å². The van der Waals surface area contributed by atoms with Crippen LogP contribution in [0.3, 0.4) is 0 Å². The Morgan fingerprint density at radius 1 is 0.833 bits per heavy atom. The summed E-state index contributed by atoms with van der Waals surface area (Å²) in [4.78, 5) is 8.06. The quantitative estimate of drug-likeness (QED) is 0.510. The lowest BCUT2D eigenvalue weighted by molar-refractivity contribution is -0.00000533. The van der Waals surface area contributed by atoms with E-state index in [1.54, 1.807) is 48.5 Å². The first-order valence-corrected chi connectivity index (χ1v) is 6.88. The van der Waals surface area contributed by atoms with Gasteiger partial charge in [-0.25, -0.2) is 9.37 Å². The third-order valence-electron chi connectivity index (χ3n) is 3.08. The molecule has 3 aromatic rings. The van der Waals surface area contributed by atoms with E-state index in [-0.39, 0.29) is 25.6 Å². The molecule has 6 nitrogen and oxygen atoms in total. The van der Waals surface area contributed by atoms with Gasteiger partial charge in [-0.1, -0.05) is 0 Å². The Hall–Kier alpha value is -3.06. The van der Waals surface area contributed by atoms with Crippen molar-refractivity contribution in [2.45, 2.75) is 0 Å². The number of nitrogens with two attached hydrogens (primary N) is 2. The first-order chi connectivity index (χ1) is 11.1. The highest BCUT2D eigenvalue weighted by Gasteiger charge is 2.08. The summed E-state index contributed by atoms with van der Waals surface area (Å²) in [6.07, 6.45) is 1.10. The Bertz CT molecular complexity index is 814. The second-order valence-electron chi connectivity index (χ2n) is 4.88. The molecule has 0 unspecified atom stereocenters. The van der Waals surface area contributed by atoms with Crippen molar-refractivity contribution >= 4 is 34.5 Å². The zero-order valence-electron chi connectivity index (χ0n) is 13.5. The number of hydrogen-bond acceptors (Lipinski definition) is 6. The number of nitrogen functional groups attached to an aromatic ring is 2. The van der Waals surface area contributed by atoms with E-state index in [4.69, 9.17) is 11.5 Å². The fraction of sp³-hybridized carbons (Fsp3) is 0. The van der Waals surface area contributed by atoms with Gasteiger partial charge >= 0.3 is 1.43 Å². The molecular weight excluding hydrogens is 331 g/mol. The molecule has 0 atom stereocenters. The van der Waals surface area contributed by atoms with Crippen molar-refractivity contribution < 1.29 is 18.2 Å². The molecule has 1 aromatic heterocycles. The molecule has 8 heteroatoms. The van der Waals surface area contributed by atoms with Crippen LogP contribution in [0.15, 0.2) is 54.7 Å². The second-order valence-corrected chi connectivity index (χ2v) is 4.88. The maximum Gasteiger partial charge on any atom is 1.00 e. The number of nitrogens with one attached hydrogen (secondary N) is 2. The molecule has 0 spiro atoms. The normalized spacial score (nSPS) is 9.88. The Morgan fingerprint density at radius 2 is 1.33 bits per heavy atom. The molecule has 2 aromatic carbocycles. The average Bonchev–Trinajstić information content (AvgIpc) is 2.55. The van der Waals surface area contributed by atoms with Crippen molar-refractivity contribution in [2.75, 3.05) is 22.1 Å². The fourth-order valence-electron chi connectivity index (χ4n) is 1.91. The monoisotopic (exact) mass is 346 g/mol. The van der Waals surface area contributed by atoms with E-state index < -0.39 is 5.82 Å². The van der Waals surface area contributed by atoms with Gasteiger partial charge in [-0.15, -0.1) is 0 Å². The van der Waals surface area contributed by atoms with E-state index >= 15 is 0 Å². The van der Waals surface area contributed by atoms with Gasteiger partial charge in [0, 0.05) is 22.7 Å². The van der Waals surface area contributed by atoms with E-state index in [9.17, 15) is 4.39 Å². The van der Waals surface area contributed by atoms with Crippen LogP contribution in [-0.4, -0.2) is 9.97 Å². The van der Waals surface area contributed by atoms with Crippen molar-refractivity contribution in [1.29, 1.82) is 0 Å². The van der Waals surface area contributed by atoms with Gasteiger partial charge < -0.3 is 34.5 Å². The third kappa shape index (κ3) is 4.23. The zero-order chi connectivity index (χ0) is 16.2. The lowest BCUT2D eigenvalue weighted by Gasteiger charge is -2.10. The first kappa shape index (κ1) is 17.3. The highest BCUT2D eigenvalue weighted by Crippen LogP contribution is 2.21. The lowest BCUT2D eigenvalue weighted by atomic mass is 10.3. The van der Waals surface area contributed by atoms with Crippen LogP contribution in [0, 0.1) is 5.82 Å². The molecule has 0 aliphatic carbocycles. The Balaban J connectivity index is 0.00000156. The number of anilines is 6. The molecule has 0 saturated carbocycles. The minimum absolute atomic E-state index is 0. The zero-order valence-corrected chi connectivity index (χ0v) is 13.3. The van der Waals surface area contributed by atoms with Crippen LogP contribution >= 0.6 is 0 Å². The molecular formula is C16H16ClFN6. The van der Waals surface area contributed by atoms with Crippen LogP contribution in [-0.2, 0) is 0 Å². The standard InChI is InChI=1S/C16H15FN6.ClH/c17-14-9-20-16(22-13-7-3-11(19)4-8-13)23-15(14)21-12-5-1-10(18)2-6-12;/h1-9H,18-19H2,(H2,20,21,22,23);1H. The molecule has 0 aliphatic rings. The lowest BCUT2D eigenvalue weighted by Crippen LogP contribution is -3.00. The summed E-state index contributed by atoms with van der Waals surface area (Å²) in [6, 6.07) is 14.0. The van der Waals surface area contributed by atoms with Crippen molar-refractivity contribution in [3.63, 3.8) is 0 Å². The van der Waals surface area contributed by atoms with E-state index in [2.05, 4.69) is 20.6 Å². The van der Waals surface area contributed by atoms with Gasteiger partial charge in [-0.3, -0.25) is 0 Å². The van der Waals surface area contributed by atoms with E-state index in [1.807, 2.05) is 0 Å². The molecule has 1 heterocycles. The van der Waals surface area contributed by atoms with E-state index in [0.717, 1.165) is 11.9 Å². The largest absolute Gasteiger partial charge is 1.00 e. The molecule has 0 amide bonds. The van der Waals surface area contributed by atoms with Gasteiger partial charge in [0.2, 0.25) is 5.95 Å². The predicted molar refractivity (Wildman–Crippen MR) is 91.4 cm³/mol. The van der Waals surface area contributed by atoms with Gasteiger partial charge in [0.1, 0.15) is 0 Å². The van der Waals surface area contributed by atoms with Crippen LogP contribution in [0.5, 0.6) is 0 Å². The first-order valence-electron chi connectivity index (χ1n) is 6.88. The maximum atomic E-state index is 13.9. The van der Waals surface area contributed by atoms with Crippen LogP contribution in [0.4, 0.5) is 38.9 Å². The summed E-state index contributed by atoms with van der Waals surface area (Å²) in [5.74, 6) is -0.207. The van der Waals surface area contributed by atoms with Crippen molar-refractivity contribution in [3.05, 3.63) is 60.5 Å². The average molecular weight is 347 g/mol. The topological polar surface area (TPSA) is 102 Å². The van der Waals surface area contributed by atoms with Crippen LogP contribution in [0.2, 0.25) is 0 Å².